The van der Waals surface area contributed by atoms with Crippen LogP contribution in [0.2, 0.25) is 0 Å². The fourth-order valence-corrected chi connectivity index (χ4v) is 1.72. The molecule has 106 valence electrons. The van der Waals surface area contributed by atoms with Crippen LogP contribution in [-0.4, -0.2) is 24.4 Å². The predicted octanol–water partition coefficient (Wildman–Crippen LogP) is 2.64. The van der Waals surface area contributed by atoms with Crippen LogP contribution < -0.4 is 10.2 Å². The quantitative estimate of drug-likeness (QED) is 0.296. The average molecular weight is 285 g/mol. The highest BCUT2D eigenvalue weighted by molar-refractivity contribution is 7.79. The highest BCUT2D eigenvalue weighted by Gasteiger charge is 2.03. The van der Waals surface area contributed by atoms with Crippen LogP contribution in [0, 0.1) is 0 Å². The summed E-state index contributed by atoms with van der Waals surface area (Å²) in [6, 6.07) is 5.30. The minimum Gasteiger partial charge on any atom is -0.493 e. The molecule has 19 heavy (non-hydrogen) atoms. The van der Waals surface area contributed by atoms with E-state index >= 15 is 0 Å². The van der Waals surface area contributed by atoms with E-state index in [0.717, 1.165) is 5.56 Å². The van der Waals surface area contributed by atoms with Gasteiger partial charge in [0.05, 0.1) is 18.9 Å². The van der Waals surface area contributed by atoms with Gasteiger partial charge in [0.2, 0.25) is 0 Å². The van der Waals surface area contributed by atoms with Gasteiger partial charge in [-0.2, -0.15) is 12.6 Å². The van der Waals surface area contributed by atoms with E-state index in [0.29, 0.717) is 43.2 Å². The van der Waals surface area contributed by atoms with Gasteiger partial charge in [0.15, 0.2) is 0 Å². The molecule has 0 amide bonds. The third-order valence-corrected chi connectivity index (χ3v) is 2.74. The molecule has 2 N–H and O–H groups in total. The van der Waals surface area contributed by atoms with Gasteiger partial charge in [-0.1, -0.05) is 0 Å². The summed E-state index contributed by atoms with van der Waals surface area (Å²) >= 11 is 4.18. The zero-order chi connectivity index (χ0) is 14.1. The van der Waals surface area contributed by atoms with Crippen LogP contribution in [0.15, 0.2) is 18.2 Å². The van der Waals surface area contributed by atoms with Gasteiger partial charge < -0.3 is 9.47 Å². The van der Waals surface area contributed by atoms with Crippen molar-refractivity contribution in [2.75, 3.05) is 18.7 Å². The molecule has 0 aliphatic heterocycles. The lowest BCUT2D eigenvalue weighted by Crippen LogP contribution is -2.07. The molecule has 6 heteroatoms. The number of esters is 1. The molecule has 0 aliphatic rings. The van der Waals surface area contributed by atoms with E-state index < -0.39 is 0 Å². The molecule has 5 nitrogen and oxygen atoms in total. The number of carbonyl (C=O) groups excluding carboxylic acids is 1. The van der Waals surface area contributed by atoms with Gasteiger partial charge in [0, 0.05) is 18.2 Å². The summed E-state index contributed by atoms with van der Waals surface area (Å²) in [7, 11) is 0. The lowest BCUT2D eigenvalue weighted by atomic mass is 10.2. The first-order valence-corrected chi connectivity index (χ1v) is 6.76. The Labute approximate surface area is 118 Å². The molecule has 0 fully saturated rings. The molecule has 0 heterocycles. The number of nitrogens with one attached hydrogen (secondary N) is 1. The molecular weight excluding hydrogens is 266 g/mol. The van der Waals surface area contributed by atoms with Crippen molar-refractivity contribution in [3.8, 4) is 5.75 Å². The Kier molecular flexibility index (Phi) is 7.14. The number of ether oxygens (including phenoxy) is 2. The van der Waals surface area contributed by atoms with Crippen molar-refractivity contribution in [3.05, 3.63) is 23.8 Å². The number of benzene rings is 1. The molecule has 0 aliphatic carbocycles. The number of carbonyl (C=O) groups is 1. The number of rotatable bonds is 8. The Hall–Kier alpha value is -1.40. The minimum atomic E-state index is -0.215. The van der Waals surface area contributed by atoms with Crippen LogP contribution in [0.3, 0.4) is 0 Å². The molecule has 1 aromatic carbocycles. The molecule has 0 radical (unpaired) electrons. The fraction of sp³-hybridized carbons (Fsp3) is 0.462. The summed E-state index contributed by atoms with van der Waals surface area (Å²) in [5.41, 5.74) is 3.56. The highest BCUT2D eigenvalue weighted by atomic mass is 32.1. The van der Waals surface area contributed by atoms with Gasteiger partial charge in [-0.3, -0.25) is 15.5 Å². The molecule has 0 aromatic heterocycles. The lowest BCUT2D eigenvalue weighted by molar-refractivity contribution is -0.143. The highest BCUT2D eigenvalue weighted by Crippen LogP contribution is 2.22. The van der Waals surface area contributed by atoms with Crippen molar-refractivity contribution in [2.24, 2.45) is 0 Å². The number of anilines is 1. The van der Waals surface area contributed by atoms with Crippen LogP contribution in [-0.2, 0) is 15.3 Å². The molecule has 0 bridgehead atoms. The molecule has 0 atom stereocenters. The van der Waals surface area contributed by atoms with E-state index in [1.165, 1.54) is 0 Å². The second-order valence-electron chi connectivity index (χ2n) is 3.89. The van der Waals surface area contributed by atoms with Gasteiger partial charge in [-0.25, -0.2) is 0 Å². The number of hydrogen-bond acceptors (Lipinski definition) is 6. The van der Waals surface area contributed by atoms with Crippen molar-refractivity contribution >= 4 is 24.3 Å². The van der Waals surface area contributed by atoms with Gasteiger partial charge in [0.25, 0.3) is 0 Å². The maximum Gasteiger partial charge on any atom is 0.305 e. The Morgan fingerprint density at radius 1 is 1.42 bits per heavy atom. The van der Waals surface area contributed by atoms with Crippen LogP contribution in [0.4, 0.5) is 5.69 Å². The molecule has 0 spiro atoms. The molecule has 0 saturated heterocycles. The van der Waals surface area contributed by atoms with Crippen LogP contribution in [0.25, 0.3) is 0 Å². The first kappa shape index (κ1) is 15.7. The van der Waals surface area contributed by atoms with E-state index in [9.17, 15) is 4.79 Å². The maximum atomic E-state index is 11.1. The molecule has 0 saturated carbocycles. The van der Waals surface area contributed by atoms with Gasteiger partial charge in [-0.05, 0) is 31.0 Å². The van der Waals surface area contributed by atoms with Gasteiger partial charge >= 0.3 is 5.97 Å². The van der Waals surface area contributed by atoms with Gasteiger partial charge in [0.1, 0.15) is 5.75 Å². The first-order chi connectivity index (χ1) is 9.19. The summed E-state index contributed by atoms with van der Waals surface area (Å²) in [4.78, 5) is 11.1. The molecular formula is C13H19NO4S. The summed E-state index contributed by atoms with van der Waals surface area (Å²) in [6.07, 6.45) is 0.928. The Balaban J connectivity index is 2.42. The number of thiol groups is 1. The van der Waals surface area contributed by atoms with Crippen molar-refractivity contribution in [1.82, 2.24) is 0 Å². The fourth-order valence-electron chi connectivity index (χ4n) is 1.54. The second-order valence-corrected chi connectivity index (χ2v) is 4.21. The average Bonchev–Trinajstić information content (AvgIpc) is 2.43. The van der Waals surface area contributed by atoms with E-state index in [1.807, 2.05) is 6.07 Å². The summed E-state index contributed by atoms with van der Waals surface area (Å²) in [6.45, 7) is 2.59. The second kappa shape index (κ2) is 8.66. The standard InChI is InChI=1S/C13H19NO4S/c1-2-17-13(15)4-3-5-18-12-7-10(9-19)6-11(8-12)14-16/h6-8,14,16,19H,2-5,9H2,1H3. The lowest BCUT2D eigenvalue weighted by Gasteiger charge is -2.09. The minimum absolute atomic E-state index is 0.215. The Bertz CT molecular complexity index is 389. The molecule has 1 aromatic rings. The van der Waals surface area contributed by atoms with Crippen molar-refractivity contribution in [3.63, 3.8) is 0 Å². The zero-order valence-electron chi connectivity index (χ0n) is 10.9. The van der Waals surface area contributed by atoms with E-state index in [-0.39, 0.29) is 5.97 Å². The summed E-state index contributed by atoms with van der Waals surface area (Å²) < 4.78 is 10.3. The summed E-state index contributed by atoms with van der Waals surface area (Å²) in [5.74, 6) is 0.967. The topological polar surface area (TPSA) is 67.8 Å². The van der Waals surface area contributed by atoms with E-state index in [2.05, 4.69) is 18.1 Å². The third kappa shape index (κ3) is 5.85. The third-order valence-electron chi connectivity index (χ3n) is 2.38. The Morgan fingerprint density at radius 3 is 2.84 bits per heavy atom. The summed E-state index contributed by atoms with van der Waals surface area (Å²) in [5, 5.41) is 8.89. The van der Waals surface area contributed by atoms with Crippen LogP contribution in [0.5, 0.6) is 5.75 Å². The smallest absolute Gasteiger partial charge is 0.305 e. The van der Waals surface area contributed by atoms with Crippen molar-refractivity contribution in [1.29, 1.82) is 0 Å². The normalized spacial score (nSPS) is 10.1. The molecule has 1 rings (SSSR count). The van der Waals surface area contributed by atoms with Crippen LogP contribution >= 0.6 is 12.6 Å². The van der Waals surface area contributed by atoms with E-state index in [1.54, 1.807) is 19.1 Å². The molecule has 0 unspecified atom stereocenters. The zero-order valence-corrected chi connectivity index (χ0v) is 11.8. The van der Waals surface area contributed by atoms with E-state index in [4.69, 9.17) is 14.7 Å². The van der Waals surface area contributed by atoms with Gasteiger partial charge in [-0.15, -0.1) is 0 Å². The van der Waals surface area contributed by atoms with Crippen molar-refractivity contribution < 1.29 is 19.5 Å². The largest absolute Gasteiger partial charge is 0.493 e. The van der Waals surface area contributed by atoms with Crippen LogP contribution in [0.1, 0.15) is 25.3 Å². The van der Waals surface area contributed by atoms with Crippen molar-refractivity contribution in [2.45, 2.75) is 25.5 Å². The maximum absolute atomic E-state index is 11.1. The monoisotopic (exact) mass is 285 g/mol. The number of hydrogen-bond donors (Lipinski definition) is 3. The SMILES string of the molecule is CCOC(=O)CCCOc1cc(CS)cc(NO)c1. The Morgan fingerprint density at radius 2 is 2.21 bits per heavy atom. The predicted molar refractivity (Wildman–Crippen MR) is 75.9 cm³/mol. The first-order valence-electron chi connectivity index (χ1n) is 6.13.